The van der Waals surface area contributed by atoms with Crippen LogP contribution in [0.3, 0.4) is 0 Å². The van der Waals surface area contributed by atoms with Crippen LogP contribution >= 0.6 is 0 Å². The van der Waals surface area contributed by atoms with Gasteiger partial charge in [-0.25, -0.2) is 9.97 Å². The van der Waals surface area contributed by atoms with E-state index < -0.39 is 0 Å². The predicted octanol–water partition coefficient (Wildman–Crippen LogP) is 2.30. The van der Waals surface area contributed by atoms with Crippen molar-refractivity contribution in [2.24, 2.45) is 0 Å². The van der Waals surface area contributed by atoms with Crippen molar-refractivity contribution in [1.82, 2.24) is 19.8 Å². The van der Waals surface area contributed by atoms with Gasteiger partial charge < -0.3 is 14.7 Å². The second-order valence-corrected chi connectivity index (χ2v) is 8.02. The first-order chi connectivity index (χ1) is 13.2. The molecule has 0 atom stereocenters. The molecule has 0 N–H and O–H groups in total. The molecule has 1 aromatic carbocycles. The molecule has 27 heavy (non-hydrogen) atoms. The van der Waals surface area contributed by atoms with Gasteiger partial charge in [-0.1, -0.05) is 6.42 Å². The number of rotatable bonds is 5. The number of piperidine rings is 1. The van der Waals surface area contributed by atoms with Crippen LogP contribution in [0, 0.1) is 0 Å². The first-order valence-electron chi connectivity index (χ1n) is 10.3. The lowest BCUT2D eigenvalue weighted by Crippen LogP contribution is -2.48. The quantitative estimate of drug-likeness (QED) is 0.806. The number of hydrogen-bond acceptors (Lipinski definition) is 6. The van der Waals surface area contributed by atoms with Gasteiger partial charge in [0.1, 0.15) is 12.1 Å². The van der Waals surface area contributed by atoms with Crippen molar-refractivity contribution < 1.29 is 0 Å². The Morgan fingerprint density at radius 3 is 2.26 bits per heavy atom. The van der Waals surface area contributed by atoms with Crippen molar-refractivity contribution >= 4 is 22.4 Å². The van der Waals surface area contributed by atoms with Gasteiger partial charge in [-0.15, -0.1) is 0 Å². The molecule has 2 aliphatic rings. The van der Waals surface area contributed by atoms with Crippen LogP contribution in [0.2, 0.25) is 0 Å². The van der Waals surface area contributed by atoms with Crippen LogP contribution in [0.4, 0.5) is 11.5 Å². The van der Waals surface area contributed by atoms with Gasteiger partial charge in [-0.05, 0) is 44.1 Å². The van der Waals surface area contributed by atoms with E-state index in [-0.39, 0.29) is 0 Å². The zero-order valence-corrected chi connectivity index (χ0v) is 16.8. The summed E-state index contributed by atoms with van der Waals surface area (Å²) >= 11 is 0. The molecule has 0 spiro atoms. The van der Waals surface area contributed by atoms with Crippen LogP contribution in [0.25, 0.3) is 10.9 Å². The zero-order chi connectivity index (χ0) is 18.6. The Morgan fingerprint density at radius 2 is 1.56 bits per heavy atom. The van der Waals surface area contributed by atoms with E-state index in [2.05, 4.69) is 47.8 Å². The van der Waals surface area contributed by atoms with E-state index in [1.54, 1.807) is 6.33 Å². The van der Waals surface area contributed by atoms with Crippen LogP contribution < -0.4 is 9.80 Å². The second-order valence-electron chi connectivity index (χ2n) is 8.02. The molecular weight excluding hydrogens is 336 g/mol. The molecule has 4 rings (SSSR count). The van der Waals surface area contributed by atoms with Gasteiger partial charge in [-0.2, -0.15) is 0 Å². The summed E-state index contributed by atoms with van der Waals surface area (Å²) in [6.07, 6.45) is 5.84. The molecule has 0 saturated carbocycles. The molecular formula is C21H32N6. The maximum absolute atomic E-state index is 4.46. The van der Waals surface area contributed by atoms with Crippen molar-refractivity contribution in [1.29, 1.82) is 0 Å². The Bertz CT molecular complexity index is 747. The summed E-state index contributed by atoms with van der Waals surface area (Å²) in [5.41, 5.74) is 2.30. The van der Waals surface area contributed by atoms with Crippen LogP contribution in [0.1, 0.15) is 19.3 Å². The van der Waals surface area contributed by atoms with Crippen LogP contribution in [-0.2, 0) is 0 Å². The molecule has 146 valence electrons. The Hall–Kier alpha value is -1.92. The van der Waals surface area contributed by atoms with Crippen molar-refractivity contribution in [2.75, 3.05) is 76.3 Å². The minimum absolute atomic E-state index is 0.988. The fourth-order valence-electron chi connectivity index (χ4n) is 4.28. The number of anilines is 2. The summed E-state index contributed by atoms with van der Waals surface area (Å²) in [4.78, 5) is 18.7. The highest BCUT2D eigenvalue weighted by Crippen LogP contribution is 2.27. The number of aromatic nitrogens is 2. The summed E-state index contributed by atoms with van der Waals surface area (Å²) in [5, 5.41) is 1.13. The normalized spacial score (nSPS) is 19.6. The molecule has 1 aromatic heterocycles. The lowest BCUT2D eigenvalue weighted by Gasteiger charge is -2.37. The SMILES string of the molecule is CN(C)c1ncnc2ccc(N3CCN(CCN4CCCCC4)CC3)cc12. The van der Waals surface area contributed by atoms with E-state index in [4.69, 9.17) is 0 Å². The van der Waals surface area contributed by atoms with Gasteiger partial charge >= 0.3 is 0 Å². The number of likely N-dealkylation sites (tertiary alicyclic amines) is 1. The largest absolute Gasteiger partial charge is 0.369 e. The van der Waals surface area contributed by atoms with Gasteiger partial charge in [0.2, 0.25) is 0 Å². The van der Waals surface area contributed by atoms with Gasteiger partial charge in [0, 0.05) is 64.4 Å². The summed E-state index contributed by atoms with van der Waals surface area (Å²) < 4.78 is 0. The van der Waals surface area contributed by atoms with E-state index in [1.165, 1.54) is 51.1 Å². The summed E-state index contributed by atoms with van der Waals surface area (Å²) in [5.74, 6) is 0.988. The highest BCUT2D eigenvalue weighted by molar-refractivity contribution is 5.91. The van der Waals surface area contributed by atoms with Gasteiger partial charge in [-0.3, -0.25) is 4.90 Å². The summed E-state index contributed by atoms with van der Waals surface area (Å²) in [6.45, 7) is 9.53. The Balaban J connectivity index is 1.37. The van der Waals surface area contributed by atoms with E-state index in [1.807, 2.05) is 14.1 Å². The highest BCUT2D eigenvalue weighted by atomic mass is 15.3. The van der Waals surface area contributed by atoms with Crippen molar-refractivity contribution in [3.63, 3.8) is 0 Å². The second kappa shape index (κ2) is 8.40. The zero-order valence-electron chi connectivity index (χ0n) is 16.8. The molecule has 0 amide bonds. The average molecular weight is 369 g/mol. The van der Waals surface area contributed by atoms with Gasteiger partial charge in [0.05, 0.1) is 5.52 Å². The molecule has 2 saturated heterocycles. The molecule has 0 bridgehead atoms. The number of benzene rings is 1. The van der Waals surface area contributed by atoms with E-state index in [0.29, 0.717) is 0 Å². The Morgan fingerprint density at radius 1 is 0.852 bits per heavy atom. The van der Waals surface area contributed by atoms with Gasteiger partial charge in [0.15, 0.2) is 0 Å². The first kappa shape index (κ1) is 18.4. The number of fused-ring (bicyclic) bond motifs is 1. The van der Waals surface area contributed by atoms with E-state index >= 15 is 0 Å². The molecule has 6 nitrogen and oxygen atoms in total. The molecule has 2 fully saturated rings. The lowest BCUT2D eigenvalue weighted by atomic mass is 10.1. The maximum atomic E-state index is 4.46. The van der Waals surface area contributed by atoms with E-state index in [0.717, 1.165) is 42.9 Å². The topological polar surface area (TPSA) is 38.7 Å². The molecule has 2 aromatic rings. The molecule has 2 aliphatic heterocycles. The minimum atomic E-state index is 0.988. The van der Waals surface area contributed by atoms with E-state index in [9.17, 15) is 0 Å². The first-order valence-corrected chi connectivity index (χ1v) is 10.3. The maximum Gasteiger partial charge on any atom is 0.139 e. The highest BCUT2D eigenvalue weighted by Gasteiger charge is 2.19. The van der Waals surface area contributed by atoms with Crippen molar-refractivity contribution in [2.45, 2.75) is 19.3 Å². The van der Waals surface area contributed by atoms with Crippen LogP contribution in [0.15, 0.2) is 24.5 Å². The third-order valence-electron chi connectivity index (χ3n) is 5.94. The molecule has 6 heteroatoms. The molecule has 0 radical (unpaired) electrons. The number of piperazine rings is 1. The van der Waals surface area contributed by atoms with Crippen molar-refractivity contribution in [3.05, 3.63) is 24.5 Å². The lowest BCUT2D eigenvalue weighted by molar-refractivity contribution is 0.177. The number of hydrogen-bond donors (Lipinski definition) is 0. The fourth-order valence-corrected chi connectivity index (χ4v) is 4.28. The molecule has 0 aliphatic carbocycles. The minimum Gasteiger partial charge on any atom is -0.369 e. The third kappa shape index (κ3) is 4.33. The van der Waals surface area contributed by atoms with Gasteiger partial charge in [0.25, 0.3) is 0 Å². The monoisotopic (exact) mass is 368 g/mol. The smallest absolute Gasteiger partial charge is 0.139 e. The Labute approximate surface area is 162 Å². The van der Waals surface area contributed by atoms with Crippen LogP contribution in [-0.4, -0.2) is 86.2 Å². The summed E-state index contributed by atoms with van der Waals surface area (Å²) in [7, 11) is 4.07. The summed E-state index contributed by atoms with van der Waals surface area (Å²) in [6, 6.07) is 6.59. The molecule has 0 unspecified atom stereocenters. The molecule has 3 heterocycles. The number of nitrogens with zero attached hydrogens (tertiary/aromatic N) is 6. The fraction of sp³-hybridized carbons (Fsp3) is 0.619. The van der Waals surface area contributed by atoms with Crippen LogP contribution in [0.5, 0.6) is 0 Å². The Kier molecular flexibility index (Phi) is 5.74. The van der Waals surface area contributed by atoms with Crippen molar-refractivity contribution in [3.8, 4) is 0 Å². The predicted molar refractivity (Wildman–Crippen MR) is 113 cm³/mol. The standard InChI is InChI=1S/C21H32N6/c1-24(2)21-19-16-18(6-7-20(19)22-17-23-21)27-14-12-26(13-15-27)11-10-25-8-4-3-5-9-25/h6-7,16-17H,3-5,8-15H2,1-2H3. The average Bonchev–Trinajstić information content (AvgIpc) is 2.72. The third-order valence-corrected chi connectivity index (χ3v) is 5.94.